The molecule has 1 aromatic carbocycles. The number of nitrogens with zero attached hydrogens (tertiary/aromatic N) is 3. The summed E-state index contributed by atoms with van der Waals surface area (Å²) in [5.74, 6) is 1.01. The predicted molar refractivity (Wildman–Crippen MR) is 105 cm³/mol. The monoisotopic (exact) mass is 401 g/mol. The number of benzene rings is 1. The molecule has 1 aliphatic rings. The van der Waals surface area contributed by atoms with Crippen molar-refractivity contribution in [3.8, 4) is 17.2 Å². The van der Waals surface area contributed by atoms with Crippen molar-refractivity contribution in [3.05, 3.63) is 30.1 Å². The van der Waals surface area contributed by atoms with Crippen LogP contribution in [-0.4, -0.2) is 47.1 Å². The number of carbonyl (C=O) groups is 2. The highest BCUT2D eigenvalue weighted by Crippen LogP contribution is 2.25. The molecule has 0 radical (unpaired) electrons. The summed E-state index contributed by atoms with van der Waals surface area (Å²) in [5, 5.41) is 3.87. The van der Waals surface area contributed by atoms with E-state index in [1.165, 1.54) is 0 Å². The molecule has 3 rings (SSSR count). The summed E-state index contributed by atoms with van der Waals surface area (Å²) >= 11 is 0. The fraction of sp³-hybridized carbons (Fsp3) is 0.524. The highest BCUT2D eigenvalue weighted by molar-refractivity contribution is 5.82. The Balaban J connectivity index is 1.49. The third-order valence-electron chi connectivity index (χ3n) is 4.91. The minimum Gasteiger partial charge on any atom is -0.497 e. The highest BCUT2D eigenvalue weighted by atomic mass is 16.5. The predicted octanol–water partition coefficient (Wildman–Crippen LogP) is 3.07. The van der Waals surface area contributed by atoms with Crippen molar-refractivity contribution in [2.24, 2.45) is 11.3 Å². The van der Waals surface area contributed by atoms with Gasteiger partial charge in [0.25, 0.3) is 5.89 Å². The molecule has 0 N–H and O–H groups in total. The van der Waals surface area contributed by atoms with Gasteiger partial charge in [-0.15, -0.1) is 0 Å². The van der Waals surface area contributed by atoms with Gasteiger partial charge in [-0.1, -0.05) is 25.9 Å². The van der Waals surface area contributed by atoms with Crippen molar-refractivity contribution < 1.29 is 23.6 Å². The molecule has 0 spiro atoms. The van der Waals surface area contributed by atoms with Crippen LogP contribution in [0, 0.1) is 11.3 Å². The summed E-state index contributed by atoms with van der Waals surface area (Å²) in [7, 11) is 1.60. The normalized spacial score (nSPS) is 15.2. The summed E-state index contributed by atoms with van der Waals surface area (Å²) in [5.41, 5.74) is 0.347. The van der Waals surface area contributed by atoms with Crippen LogP contribution in [-0.2, 0) is 20.9 Å². The minimum absolute atomic E-state index is 0.0420. The number of ether oxygens (including phenoxy) is 2. The van der Waals surface area contributed by atoms with Gasteiger partial charge in [0.1, 0.15) is 5.75 Å². The number of likely N-dealkylation sites (tertiary alicyclic amines) is 1. The van der Waals surface area contributed by atoms with Crippen LogP contribution in [0.15, 0.2) is 28.8 Å². The largest absolute Gasteiger partial charge is 0.497 e. The van der Waals surface area contributed by atoms with Crippen LogP contribution in [0.4, 0.5) is 0 Å². The fourth-order valence-electron chi connectivity index (χ4n) is 3.21. The van der Waals surface area contributed by atoms with Crippen LogP contribution in [0.5, 0.6) is 5.75 Å². The fourth-order valence-corrected chi connectivity index (χ4v) is 3.21. The van der Waals surface area contributed by atoms with Crippen LogP contribution in [0.25, 0.3) is 11.5 Å². The lowest BCUT2D eigenvalue weighted by Crippen LogP contribution is -2.45. The van der Waals surface area contributed by atoms with E-state index in [2.05, 4.69) is 10.1 Å². The van der Waals surface area contributed by atoms with E-state index in [0.717, 1.165) is 11.3 Å². The quantitative estimate of drug-likeness (QED) is 0.711. The lowest BCUT2D eigenvalue weighted by atomic mass is 9.91. The minimum atomic E-state index is -0.409. The molecular formula is C21H27N3O5. The number of hydrogen-bond acceptors (Lipinski definition) is 7. The average molecular weight is 401 g/mol. The van der Waals surface area contributed by atoms with Crippen molar-refractivity contribution in [2.75, 3.05) is 20.2 Å². The number of carbonyl (C=O) groups excluding carboxylic acids is 2. The Bertz CT molecular complexity index is 846. The van der Waals surface area contributed by atoms with Crippen LogP contribution in [0.1, 0.15) is 39.4 Å². The molecule has 0 saturated carbocycles. The second-order valence-corrected chi connectivity index (χ2v) is 8.17. The molecule has 8 heteroatoms. The van der Waals surface area contributed by atoms with E-state index in [1.807, 2.05) is 37.8 Å². The second-order valence-electron chi connectivity index (χ2n) is 8.17. The van der Waals surface area contributed by atoms with Gasteiger partial charge >= 0.3 is 5.97 Å². The molecule has 2 heterocycles. The molecule has 1 amide bonds. The summed E-state index contributed by atoms with van der Waals surface area (Å²) in [6.07, 6.45) is 1.20. The first-order valence-corrected chi connectivity index (χ1v) is 9.71. The second kappa shape index (κ2) is 8.63. The molecule has 0 unspecified atom stereocenters. The third kappa shape index (κ3) is 5.13. The van der Waals surface area contributed by atoms with E-state index in [9.17, 15) is 9.59 Å². The molecule has 1 aromatic heterocycles. The molecule has 0 bridgehead atoms. The van der Waals surface area contributed by atoms with Crippen molar-refractivity contribution in [1.29, 1.82) is 0 Å². The molecule has 1 aliphatic heterocycles. The van der Waals surface area contributed by atoms with E-state index in [-0.39, 0.29) is 24.4 Å². The lowest BCUT2D eigenvalue weighted by Gasteiger charge is -2.34. The van der Waals surface area contributed by atoms with Crippen LogP contribution in [0.3, 0.4) is 0 Å². The summed E-state index contributed by atoms with van der Waals surface area (Å²) in [6.45, 7) is 6.81. The highest BCUT2D eigenvalue weighted by Gasteiger charge is 2.33. The molecule has 0 aliphatic carbocycles. The SMILES string of the molecule is COc1ccc(-c2nc(COC(=O)C3CCN(C(=O)C(C)(C)C)CC3)no2)cc1. The van der Waals surface area contributed by atoms with Gasteiger partial charge in [-0.05, 0) is 37.1 Å². The van der Waals surface area contributed by atoms with Gasteiger partial charge in [-0.3, -0.25) is 9.59 Å². The number of amides is 1. The zero-order valence-electron chi connectivity index (χ0n) is 17.3. The topological polar surface area (TPSA) is 94.8 Å². The standard InChI is InChI=1S/C21H27N3O5/c1-21(2,3)20(26)24-11-9-15(10-12-24)19(25)28-13-17-22-18(29-23-17)14-5-7-16(27-4)8-6-14/h5-8,15H,9-13H2,1-4H3. The number of hydrogen-bond donors (Lipinski definition) is 0. The van der Waals surface area contributed by atoms with Crippen molar-refractivity contribution in [2.45, 2.75) is 40.2 Å². The Hall–Kier alpha value is -2.90. The van der Waals surface area contributed by atoms with Gasteiger partial charge in [-0.25, -0.2) is 0 Å². The van der Waals surface area contributed by atoms with E-state index < -0.39 is 5.41 Å². The number of methoxy groups -OCH3 is 1. The summed E-state index contributed by atoms with van der Waals surface area (Å²) in [6, 6.07) is 7.23. The van der Waals surface area contributed by atoms with Crippen molar-refractivity contribution >= 4 is 11.9 Å². The van der Waals surface area contributed by atoms with Crippen LogP contribution in [0.2, 0.25) is 0 Å². The smallest absolute Gasteiger partial charge is 0.309 e. The third-order valence-corrected chi connectivity index (χ3v) is 4.91. The molecule has 1 saturated heterocycles. The van der Waals surface area contributed by atoms with Gasteiger partial charge in [0.15, 0.2) is 6.61 Å². The van der Waals surface area contributed by atoms with Gasteiger partial charge in [0.2, 0.25) is 11.7 Å². The Morgan fingerprint density at radius 2 is 1.83 bits per heavy atom. The Morgan fingerprint density at radius 3 is 2.41 bits per heavy atom. The molecular weight excluding hydrogens is 374 g/mol. The molecule has 1 fully saturated rings. The number of rotatable bonds is 5. The number of aromatic nitrogens is 2. The molecule has 156 valence electrons. The van der Waals surface area contributed by atoms with Crippen molar-refractivity contribution in [3.63, 3.8) is 0 Å². The van der Waals surface area contributed by atoms with E-state index in [4.69, 9.17) is 14.0 Å². The van der Waals surface area contributed by atoms with E-state index in [0.29, 0.717) is 37.6 Å². The first-order valence-electron chi connectivity index (χ1n) is 9.71. The Labute approximate surface area is 170 Å². The van der Waals surface area contributed by atoms with Gasteiger partial charge in [0, 0.05) is 24.1 Å². The van der Waals surface area contributed by atoms with E-state index in [1.54, 1.807) is 19.2 Å². The van der Waals surface area contributed by atoms with Crippen LogP contribution < -0.4 is 4.74 Å². The molecule has 0 atom stereocenters. The number of esters is 1. The first kappa shape index (κ1) is 20.8. The maximum Gasteiger partial charge on any atom is 0.309 e. The summed E-state index contributed by atoms with van der Waals surface area (Å²) in [4.78, 5) is 30.8. The molecule has 8 nitrogen and oxygen atoms in total. The lowest BCUT2D eigenvalue weighted by molar-refractivity contribution is -0.154. The molecule has 29 heavy (non-hydrogen) atoms. The maximum absolute atomic E-state index is 12.4. The average Bonchev–Trinajstić information content (AvgIpc) is 3.20. The van der Waals surface area contributed by atoms with Crippen molar-refractivity contribution in [1.82, 2.24) is 15.0 Å². The number of piperidine rings is 1. The van der Waals surface area contributed by atoms with Crippen LogP contribution >= 0.6 is 0 Å². The zero-order chi connectivity index (χ0) is 21.0. The zero-order valence-corrected chi connectivity index (χ0v) is 17.3. The van der Waals surface area contributed by atoms with Gasteiger partial charge in [-0.2, -0.15) is 4.98 Å². The van der Waals surface area contributed by atoms with E-state index >= 15 is 0 Å². The maximum atomic E-state index is 12.4. The Morgan fingerprint density at radius 1 is 1.17 bits per heavy atom. The summed E-state index contributed by atoms with van der Waals surface area (Å²) < 4.78 is 15.7. The van der Waals surface area contributed by atoms with Gasteiger partial charge in [0.05, 0.1) is 13.0 Å². The Kier molecular flexibility index (Phi) is 6.20. The van der Waals surface area contributed by atoms with Gasteiger partial charge < -0.3 is 18.9 Å². The molecule has 2 aromatic rings. The first-order chi connectivity index (χ1) is 13.8.